The minimum atomic E-state index is 0. The van der Waals surface area contributed by atoms with E-state index in [1.54, 1.807) is 11.3 Å². The second kappa shape index (κ2) is 7.69. The molecule has 1 amide bonds. The Bertz CT molecular complexity index is 417. The Labute approximate surface area is 134 Å². The molecule has 0 aromatic carbocycles. The normalized spacial score (nSPS) is 22.1. The minimum Gasteiger partial charge on any atom is -0.335 e. The number of carbonyl (C=O) groups is 1. The fourth-order valence-electron chi connectivity index (χ4n) is 2.47. The summed E-state index contributed by atoms with van der Waals surface area (Å²) in [6, 6.07) is 3.00. The lowest BCUT2D eigenvalue weighted by atomic mass is 10.2. The van der Waals surface area contributed by atoms with Crippen LogP contribution in [0.1, 0.15) is 24.8 Å². The van der Waals surface area contributed by atoms with Crippen LogP contribution in [0.4, 0.5) is 0 Å². The third-order valence-corrected chi connectivity index (χ3v) is 5.52. The van der Waals surface area contributed by atoms with E-state index in [1.165, 1.54) is 24.2 Å². The Morgan fingerprint density at radius 3 is 2.90 bits per heavy atom. The van der Waals surface area contributed by atoms with Gasteiger partial charge in [0, 0.05) is 43.1 Å². The van der Waals surface area contributed by atoms with Crippen molar-refractivity contribution in [3.05, 3.63) is 22.4 Å². The molecule has 3 rings (SSSR count). The maximum atomic E-state index is 12.5. The summed E-state index contributed by atoms with van der Waals surface area (Å²) < 4.78 is 0. The van der Waals surface area contributed by atoms with Crippen LogP contribution < -0.4 is 5.32 Å². The van der Waals surface area contributed by atoms with Crippen LogP contribution in [0.3, 0.4) is 0 Å². The molecule has 20 heavy (non-hydrogen) atoms. The molecule has 2 fully saturated rings. The van der Waals surface area contributed by atoms with E-state index in [-0.39, 0.29) is 12.4 Å². The Morgan fingerprint density at radius 1 is 1.45 bits per heavy atom. The molecule has 1 saturated heterocycles. The summed E-state index contributed by atoms with van der Waals surface area (Å²) >= 11 is 3.66. The Morgan fingerprint density at radius 2 is 2.30 bits per heavy atom. The van der Waals surface area contributed by atoms with Crippen LogP contribution in [0.25, 0.3) is 0 Å². The Hall–Kier alpha value is -0.230. The second-order valence-corrected chi connectivity index (χ2v) is 7.24. The van der Waals surface area contributed by atoms with Crippen LogP contribution in [0.5, 0.6) is 0 Å². The summed E-state index contributed by atoms with van der Waals surface area (Å²) in [5, 5.41) is 7.69. The minimum absolute atomic E-state index is 0. The van der Waals surface area contributed by atoms with Crippen molar-refractivity contribution in [2.75, 3.05) is 18.1 Å². The van der Waals surface area contributed by atoms with E-state index in [2.05, 4.69) is 27.0 Å². The lowest BCUT2D eigenvalue weighted by molar-refractivity contribution is -0.132. The van der Waals surface area contributed by atoms with Crippen LogP contribution in [0.15, 0.2) is 16.8 Å². The van der Waals surface area contributed by atoms with Gasteiger partial charge in [-0.15, -0.1) is 12.4 Å². The van der Waals surface area contributed by atoms with Crippen LogP contribution in [-0.4, -0.2) is 40.9 Å². The van der Waals surface area contributed by atoms with Crippen molar-refractivity contribution in [3.63, 3.8) is 0 Å². The van der Waals surface area contributed by atoms with Crippen LogP contribution in [0, 0.1) is 0 Å². The summed E-state index contributed by atoms with van der Waals surface area (Å²) in [7, 11) is 0. The smallest absolute Gasteiger partial charge is 0.224 e. The molecule has 0 bridgehead atoms. The van der Waals surface area contributed by atoms with Gasteiger partial charge in [-0.25, -0.2) is 0 Å². The molecule has 1 aliphatic heterocycles. The SMILES string of the molecule is Cl.O=C(CC1CSCCN1)N(Cc1ccsc1)C1CC1. The second-order valence-electron chi connectivity index (χ2n) is 5.31. The van der Waals surface area contributed by atoms with Crippen LogP contribution in [-0.2, 0) is 11.3 Å². The van der Waals surface area contributed by atoms with E-state index in [1.807, 2.05) is 11.8 Å². The average Bonchev–Trinajstić information content (AvgIpc) is 3.14. The molecule has 1 aromatic heterocycles. The van der Waals surface area contributed by atoms with Crippen molar-refractivity contribution in [1.82, 2.24) is 10.2 Å². The van der Waals surface area contributed by atoms with Crippen LogP contribution >= 0.6 is 35.5 Å². The topological polar surface area (TPSA) is 32.3 Å². The highest BCUT2D eigenvalue weighted by atomic mass is 35.5. The van der Waals surface area contributed by atoms with Crippen molar-refractivity contribution in [2.45, 2.75) is 37.9 Å². The van der Waals surface area contributed by atoms with E-state index >= 15 is 0 Å². The molecule has 1 N–H and O–H groups in total. The number of rotatable bonds is 5. The number of amides is 1. The molecule has 6 heteroatoms. The molecule has 2 aliphatic rings. The quantitative estimate of drug-likeness (QED) is 0.900. The van der Waals surface area contributed by atoms with Gasteiger partial charge in [-0.3, -0.25) is 4.79 Å². The number of hydrogen-bond donors (Lipinski definition) is 1. The van der Waals surface area contributed by atoms with Gasteiger partial charge in [0.25, 0.3) is 0 Å². The number of thiophene rings is 1. The molecule has 0 radical (unpaired) electrons. The number of thioether (sulfide) groups is 1. The van der Waals surface area contributed by atoms with Crippen molar-refractivity contribution >= 4 is 41.4 Å². The Balaban J connectivity index is 0.00000147. The highest BCUT2D eigenvalue weighted by molar-refractivity contribution is 7.99. The van der Waals surface area contributed by atoms with Gasteiger partial charge in [-0.1, -0.05) is 0 Å². The standard InChI is InChI=1S/C14H20N2OS2.ClH/c17-14(7-12-10-19-6-4-15-12)16(13-1-2-13)8-11-3-5-18-9-11;/h3,5,9,12-13,15H,1-2,4,6-8,10H2;1H. The van der Waals surface area contributed by atoms with Gasteiger partial charge in [-0.2, -0.15) is 23.1 Å². The molecule has 1 atom stereocenters. The zero-order chi connectivity index (χ0) is 13.1. The lowest BCUT2D eigenvalue weighted by Crippen LogP contribution is -2.43. The molecular weight excluding hydrogens is 312 g/mol. The molecule has 1 aromatic rings. The summed E-state index contributed by atoms with van der Waals surface area (Å²) in [5.74, 6) is 2.57. The van der Waals surface area contributed by atoms with Gasteiger partial charge >= 0.3 is 0 Å². The maximum Gasteiger partial charge on any atom is 0.224 e. The molecule has 1 saturated carbocycles. The van der Waals surface area contributed by atoms with Gasteiger partial charge in [0.15, 0.2) is 0 Å². The third-order valence-electron chi connectivity index (χ3n) is 3.66. The van der Waals surface area contributed by atoms with Gasteiger partial charge < -0.3 is 10.2 Å². The first-order chi connectivity index (χ1) is 9.33. The van der Waals surface area contributed by atoms with Gasteiger partial charge in [-0.05, 0) is 35.2 Å². The van der Waals surface area contributed by atoms with Crippen molar-refractivity contribution < 1.29 is 4.79 Å². The maximum absolute atomic E-state index is 12.5. The summed E-state index contributed by atoms with van der Waals surface area (Å²) in [5.41, 5.74) is 1.27. The summed E-state index contributed by atoms with van der Waals surface area (Å²) in [6.07, 6.45) is 3.03. The number of nitrogens with one attached hydrogen (secondary N) is 1. The first-order valence-corrected chi connectivity index (χ1v) is 9.04. The number of nitrogens with zero attached hydrogens (tertiary/aromatic N) is 1. The van der Waals surface area contributed by atoms with E-state index in [0.29, 0.717) is 24.4 Å². The van der Waals surface area contributed by atoms with Crippen LogP contribution in [0.2, 0.25) is 0 Å². The Kier molecular flexibility index (Phi) is 6.20. The first kappa shape index (κ1) is 16.1. The molecular formula is C14H21ClN2OS2. The highest BCUT2D eigenvalue weighted by Gasteiger charge is 2.33. The molecule has 1 unspecified atom stereocenters. The predicted molar refractivity (Wildman–Crippen MR) is 88.9 cm³/mol. The lowest BCUT2D eigenvalue weighted by Gasteiger charge is -2.27. The fraction of sp³-hybridized carbons (Fsp3) is 0.643. The zero-order valence-electron chi connectivity index (χ0n) is 11.4. The number of hydrogen-bond acceptors (Lipinski definition) is 4. The van der Waals surface area contributed by atoms with Crippen molar-refractivity contribution in [2.24, 2.45) is 0 Å². The molecule has 3 nitrogen and oxygen atoms in total. The third kappa shape index (κ3) is 4.38. The van der Waals surface area contributed by atoms with Gasteiger partial charge in [0.2, 0.25) is 5.91 Å². The monoisotopic (exact) mass is 332 g/mol. The molecule has 112 valence electrons. The molecule has 1 aliphatic carbocycles. The van der Waals surface area contributed by atoms with Crippen molar-refractivity contribution in [3.8, 4) is 0 Å². The average molecular weight is 333 g/mol. The predicted octanol–water partition coefficient (Wildman–Crippen LogP) is 2.76. The molecule has 2 heterocycles. The molecule has 0 spiro atoms. The summed E-state index contributed by atoms with van der Waals surface area (Å²) in [4.78, 5) is 14.6. The zero-order valence-corrected chi connectivity index (χ0v) is 13.9. The van der Waals surface area contributed by atoms with Crippen molar-refractivity contribution in [1.29, 1.82) is 0 Å². The summed E-state index contributed by atoms with van der Waals surface area (Å²) in [6.45, 7) is 1.84. The number of halogens is 1. The largest absolute Gasteiger partial charge is 0.335 e. The fourth-order valence-corrected chi connectivity index (χ4v) is 4.07. The van der Waals surface area contributed by atoms with E-state index in [4.69, 9.17) is 0 Å². The van der Waals surface area contributed by atoms with E-state index < -0.39 is 0 Å². The first-order valence-electron chi connectivity index (χ1n) is 6.94. The van der Waals surface area contributed by atoms with Gasteiger partial charge in [0.1, 0.15) is 0 Å². The van der Waals surface area contributed by atoms with E-state index in [9.17, 15) is 4.79 Å². The highest BCUT2D eigenvalue weighted by Crippen LogP contribution is 2.29. The van der Waals surface area contributed by atoms with E-state index in [0.717, 1.165) is 18.8 Å². The van der Waals surface area contributed by atoms with Gasteiger partial charge in [0.05, 0.1) is 0 Å². The number of carbonyl (C=O) groups excluding carboxylic acids is 1.